The molecular weight excluding hydrogens is 648 g/mol. The topological polar surface area (TPSA) is 198 Å². The lowest BCUT2D eigenvalue weighted by molar-refractivity contribution is -0.133. The number of rotatable bonds is 20. The van der Waals surface area contributed by atoms with Crippen LogP contribution in [0.2, 0.25) is 0 Å². The Morgan fingerprint density at radius 2 is 1.47 bits per heavy atom. The molecular formula is C35H48N6O7S. The maximum absolute atomic E-state index is 13.7. The lowest BCUT2D eigenvalue weighted by atomic mass is 10.0. The molecule has 14 heteroatoms. The second-order valence-electron chi connectivity index (χ2n) is 12.6. The number of ketones is 1. The van der Waals surface area contributed by atoms with Crippen molar-refractivity contribution in [2.75, 3.05) is 25.5 Å². The molecule has 13 nitrogen and oxygen atoms in total. The minimum atomic E-state index is -0.948. The number of primary amides is 1. The van der Waals surface area contributed by atoms with E-state index in [1.54, 1.807) is 0 Å². The number of hydrogen-bond acceptors (Lipinski definition) is 9. The van der Waals surface area contributed by atoms with Crippen LogP contribution in [0.15, 0.2) is 60.7 Å². The minimum Gasteiger partial charge on any atom is -0.369 e. The summed E-state index contributed by atoms with van der Waals surface area (Å²) in [6.07, 6.45) is 1.20. The summed E-state index contributed by atoms with van der Waals surface area (Å²) in [6, 6.07) is 14.6. The number of carbonyl (C=O) groups excluding carboxylic acids is 6. The zero-order valence-electron chi connectivity index (χ0n) is 28.0. The van der Waals surface area contributed by atoms with Crippen LogP contribution in [0.1, 0.15) is 44.2 Å². The first kappa shape index (κ1) is 39.2. The van der Waals surface area contributed by atoms with Gasteiger partial charge in [0.2, 0.25) is 29.5 Å². The smallest absolute Gasteiger partial charge is 0.246 e. The van der Waals surface area contributed by atoms with E-state index >= 15 is 0 Å². The Bertz CT molecular complexity index is 1410. The third kappa shape index (κ3) is 14.0. The Balaban J connectivity index is 1.68. The Hall–Kier alpha value is -4.27. The van der Waals surface area contributed by atoms with Gasteiger partial charge in [0.1, 0.15) is 30.5 Å². The van der Waals surface area contributed by atoms with Crippen molar-refractivity contribution in [1.82, 2.24) is 26.6 Å². The van der Waals surface area contributed by atoms with E-state index in [0.29, 0.717) is 18.6 Å². The average molecular weight is 697 g/mol. The molecule has 0 bridgehead atoms. The van der Waals surface area contributed by atoms with Gasteiger partial charge >= 0.3 is 0 Å². The van der Waals surface area contributed by atoms with Gasteiger partial charge in [0.25, 0.3) is 0 Å². The predicted octanol–water partition coefficient (Wildman–Crippen LogP) is 0.210. The third-order valence-electron chi connectivity index (χ3n) is 7.87. The Morgan fingerprint density at radius 3 is 2.02 bits per heavy atom. The van der Waals surface area contributed by atoms with Crippen molar-refractivity contribution < 1.29 is 33.5 Å². The minimum absolute atomic E-state index is 0.0496. The van der Waals surface area contributed by atoms with E-state index in [9.17, 15) is 28.8 Å². The summed E-state index contributed by atoms with van der Waals surface area (Å²) in [7, 11) is 0. The highest BCUT2D eigenvalue weighted by molar-refractivity contribution is 7.80. The summed E-state index contributed by atoms with van der Waals surface area (Å²) in [5.74, 6) is -2.36. The Labute approximate surface area is 292 Å². The van der Waals surface area contributed by atoms with Crippen molar-refractivity contribution in [1.29, 1.82) is 0 Å². The van der Waals surface area contributed by atoms with E-state index in [-0.39, 0.29) is 44.1 Å². The lowest BCUT2D eigenvalue weighted by Crippen LogP contribution is -2.55. The molecule has 1 fully saturated rings. The first-order chi connectivity index (χ1) is 23.4. The van der Waals surface area contributed by atoms with E-state index in [2.05, 4.69) is 39.2 Å². The molecule has 5 amide bonds. The summed E-state index contributed by atoms with van der Waals surface area (Å²) >= 11 is 4.11. The number of ether oxygens (including phenoxy) is 1. The van der Waals surface area contributed by atoms with Crippen LogP contribution in [0, 0.1) is 5.92 Å². The van der Waals surface area contributed by atoms with Crippen LogP contribution in [-0.2, 0) is 46.3 Å². The molecule has 0 spiro atoms. The molecule has 0 unspecified atom stereocenters. The molecule has 0 aliphatic carbocycles. The van der Waals surface area contributed by atoms with Crippen LogP contribution < -0.4 is 32.3 Å². The molecule has 1 saturated heterocycles. The summed E-state index contributed by atoms with van der Waals surface area (Å²) < 4.78 is 5.77. The second kappa shape index (κ2) is 20.3. The molecule has 7 N–H and O–H groups in total. The van der Waals surface area contributed by atoms with Crippen LogP contribution in [0.3, 0.4) is 0 Å². The monoisotopic (exact) mass is 696 g/mol. The van der Waals surface area contributed by atoms with E-state index < -0.39 is 66.4 Å². The normalized spacial score (nSPS) is 16.7. The fourth-order valence-electron chi connectivity index (χ4n) is 5.40. The van der Waals surface area contributed by atoms with Gasteiger partial charge in [0.15, 0.2) is 0 Å². The van der Waals surface area contributed by atoms with Gasteiger partial charge in [-0.05, 0) is 42.1 Å². The predicted molar refractivity (Wildman–Crippen MR) is 187 cm³/mol. The summed E-state index contributed by atoms with van der Waals surface area (Å²) in [4.78, 5) is 76.2. The van der Waals surface area contributed by atoms with Crippen LogP contribution in [0.5, 0.6) is 0 Å². The summed E-state index contributed by atoms with van der Waals surface area (Å²) in [6.45, 7) is 3.45. The number of hydrogen-bond donors (Lipinski definition) is 7. The number of amides is 5. The molecule has 1 aliphatic rings. The standard InChI is InChI=1S/C35H48N6O7S/c1-22(2)15-29(35(47)40-27(13-14-49)32(36)44)39-31(43)21-48-20-25(16-23-9-5-3-6-10-23)38-34(46)30(17-24-11-7-4-8-12-24)41-33(45)28-18-26(42)19-37-28/h3-12,22,25,27-30,37,49H,13-21H2,1-2H3,(H2,36,44)(H,38,46)(H,39,43)(H,40,47)(H,41,45)/t25-,27-,28-,29-,30-/m0/s1. The van der Waals surface area contributed by atoms with E-state index in [4.69, 9.17) is 10.5 Å². The molecule has 49 heavy (non-hydrogen) atoms. The molecule has 2 aromatic carbocycles. The van der Waals surface area contributed by atoms with Gasteiger partial charge in [-0.1, -0.05) is 74.5 Å². The van der Waals surface area contributed by atoms with Gasteiger partial charge in [0.05, 0.1) is 25.2 Å². The Kier molecular flexibility index (Phi) is 16.2. The number of carbonyl (C=O) groups is 6. The summed E-state index contributed by atoms with van der Waals surface area (Å²) in [5.41, 5.74) is 7.16. The molecule has 5 atom stereocenters. The molecule has 0 aromatic heterocycles. The van der Waals surface area contributed by atoms with Crippen molar-refractivity contribution in [3.05, 3.63) is 71.8 Å². The molecule has 2 aromatic rings. The van der Waals surface area contributed by atoms with E-state index in [1.807, 2.05) is 74.5 Å². The van der Waals surface area contributed by atoms with Crippen molar-refractivity contribution in [2.45, 2.75) is 76.2 Å². The highest BCUT2D eigenvalue weighted by atomic mass is 32.1. The van der Waals surface area contributed by atoms with Crippen molar-refractivity contribution >= 4 is 47.9 Å². The van der Waals surface area contributed by atoms with Gasteiger partial charge in [-0.2, -0.15) is 12.6 Å². The van der Waals surface area contributed by atoms with Crippen molar-refractivity contribution in [2.24, 2.45) is 11.7 Å². The van der Waals surface area contributed by atoms with Crippen LogP contribution in [0.25, 0.3) is 0 Å². The molecule has 3 rings (SSSR count). The number of thiol groups is 1. The third-order valence-corrected chi connectivity index (χ3v) is 8.13. The molecule has 0 saturated carbocycles. The molecule has 266 valence electrons. The first-order valence-corrected chi connectivity index (χ1v) is 17.1. The number of Topliss-reactive ketones (excluding diaryl/α,β-unsaturated/α-hetero) is 1. The van der Waals surface area contributed by atoms with Gasteiger partial charge in [-0.15, -0.1) is 0 Å². The van der Waals surface area contributed by atoms with Gasteiger partial charge in [0, 0.05) is 12.8 Å². The number of benzene rings is 2. The summed E-state index contributed by atoms with van der Waals surface area (Å²) in [5, 5.41) is 13.9. The maximum Gasteiger partial charge on any atom is 0.246 e. The zero-order valence-corrected chi connectivity index (χ0v) is 28.9. The first-order valence-electron chi connectivity index (χ1n) is 16.5. The van der Waals surface area contributed by atoms with Crippen molar-refractivity contribution in [3.63, 3.8) is 0 Å². The average Bonchev–Trinajstić information content (AvgIpc) is 3.50. The highest BCUT2D eigenvalue weighted by Crippen LogP contribution is 2.10. The van der Waals surface area contributed by atoms with Crippen molar-refractivity contribution in [3.8, 4) is 0 Å². The SMILES string of the molecule is CC(C)C[C@H](NC(=O)COC[C@H](Cc1ccccc1)NC(=O)[C@H](Cc1ccccc1)NC(=O)[C@@H]1CC(=O)CN1)C(=O)N[C@@H](CCS)C(N)=O. The lowest BCUT2D eigenvalue weighted by Gasteiger charge is -2.25. The highest BCUT2D eigenvalue weighted by Gasteiger charge is 2.32. The zero-order chi connectivity index (χ0) is 35.8. The van der Waals surface area contributed by atoms with Gasteiger partial charge < -0.3 is 31.7 Å². The molecule has 0 radical (unpaired) electrons. The number of nitrogens with one attached hydrogen (secondary N) is 5. The second-order valence-corrected chi connectivity index (χ2v) is 13.0. The van der Waals surface area contributed by atoms with Crippen LogP contribution in [-0.4, -0.2) is 91.0 Å². The quantitative estimate of drug-likeness (QED) is 0.0954. The van der Waals surface area contributed by atoms with Gasteiger partial charge in [-0.25, -0.2) is 0 Å². The van der Waals surface area contributed by atoms with Crippen LogP contribution in [0.4, 0.5) is 0 Å². The molecule has 1 aliphatic heterocycles. The maximum atomic E-state index is 13.7. The fraction of sp³-hybridized carbons (Fsp3) is 0.486. The largest absolute Gasteiger partial charge is 0.369 e. The van der Waals surface area contributed by atoms with Crippen LogP contribution >= 0.6 is 12.6 Å². The fourth-order valence-corrected chi connectivity index (χ4v) is 5.66. The molecule has 1 heterocycles. The van der Waals surface area contributed by atoms with E-state index in [0.717, 1.165) is 11.1 Å². The van der Waals surface area contributed by atoms with Gasteiger partial charge in [-0.3, -0.25) is 34.1 Å². The van der Waals surface area contributed by atoms with E-state index in [1.165, 1.54) is 0 Å². The number of nitrogens with two attached hydrogens (primary N) is 1. The Morgan fingerprint density at radius 1 is 0.857 bits per heavy atom.